The lowest BCUT2D eigenvalue weighted by Crippen LogP contribution is -2.36. The maximum Gasteiger partial charge on any atom is 0.389 e. The molecule has 0 spiro atoms. The minimum atomic E-state index is -4.03. The zero-order valence-corrected chi connectivity index (χ0v) is 8.06. The summed E-state index contributed by atoms with van der Waals surface area (Å²) in [6, 6.07) is 0. The Labute approximate surface area is 81.7 Å². The largest absolute Gasteiger partial charge is 0.393 e. The quantitative estimate of drug-likeness (QED) is 0.769. The molecule has 0 saturated carbocycles. The summed E-state index contributed by atoms with van der Waals surface area (Å²) in [6.07, 6.45) is -3.45. The van der Waals surface area contributed by atoms with Crippen LogP contribution in [0.2, 0.25) is 0 Å². The number of hydrogen-bond acceptors (Lipinski definition) is 2. The fraction of sp³-hybridized carbons (Fsp3) is 1.00. The van der Waals surface area contributed by atoms with Gasteiger partial charge in [-0.1, -0.05) is 0 Å². The fourth-order valence-electron chi connectivity index (χ4n) is 1.65. The van der Waals surface area contributed by atoms with Crippen LogP contribution in [0.1, 0.15) is 25.7 Å². The third-order valence-electron chi connectivity index (χ3n) is 2.49. The Morgan fingerprint density at radius 3 is 2.29 bits per heavy atom. The number of nitrogens with zero attached hydrogens (tertiary/aromatic N) is 1. The molecular formula is C9H16F3NO. The first-order chi connectivity index (χ1) is 6.47. The summed E-state index contributed by atoms with van der Waals surface area (Å²) < 4.78 is 35.4. The molecule has 0 radical (unpaired) electrons. The molecule has 0 aromatic rings. The monoisotopic (exact) mass is 211 g/mol. The van der Waals surface area contributed by atoms with Crippen molar-refractivity contribution in [3.63, 3.8) is 0 Å². The van der Waals surface area contributed by atoms with Gasteiger partial charge in [0.25, 0.3) is 0 Å². The van der Waals surface area contributed by atoms with E-state index in [2.05, 4.69) is 0 Å². The van der Waals surface area contributed by atoms with Gasteiger partial charge in [-0.05, 0) is 25.8 Å². The van der Waals surface area contributed by atoms with Crippen molar-refractivity contribution in [3.8, 4) is 0 Å². The molecule has 0 aromatic heterocycles. The van der Waals surface area contributed by atoms with Gasteiger partial charge in [0.1, 0.15) is 0 Å². The molecule has 0 bridgehead atoms. The van der Waals surface area contributed by atoms with E-state index >= 15 is 0 Å². The molecule has 2 nitrogen and oxygen atoms in total. The summed E-state index contributed by atoms with van der Waals surface area (Å²) in [5.74, 6) is 0. The van der Waals surface area contributed by atoms with Gasteiger partial charge in [-0.2, -0.15) is 13.2 Å². The van der Waals surface area contributed by atoms with Gasteiger partial charge in [0.15, 0.2) is 0 Å². The SMILES string of the molecule is OC1CCN(CCCC(F)(F)F)CC1. The first kappa shape index (κ1) is 11.8. The van der Waals surface area contributed by atoms with Crippen LogP contribution in [0, 0.1) is 0 Å². The highest BCUT2D eigenvalue weighted by Gasteiger charge is 2.26. The highest BCUT2D eigenvalue weighted by Crippen LogP contribution is 2.21. The van der Waals surface area contributed by atoms with E-state index in [-0.39, 0.29) is 12.5 Å². The highest BCUT2D eigenvalue weighted by atomic mass is 19.4. The Balaban J connectivity index is 2.08. The third-order valence-corrected chi connectivity index (χ3v) is 2.49. The molecule has 0 amide bonds. The van der Waals surface area contributed by atoms with Gasteiger partial charge in [0.05, 0.1) is 6.10 Å². The Morgan fingerprint density at radius 1 is 1.21 bits per heavy atom. The number of rotatable bonds is 3. The van der Waals surface area contributed by atoms with E-state index in [1.165, 1.54) is 0 Å². The van der Waals surface area contributed by atoms with Gasteiger partial charge < -0.3 is 10.0 Å². The lowest BCUT2D eigenvalue weighted by Gasteiger charge is -2.29. The smallest absolute Gasteiger partial charge is 0.389 e. The molecule has 1 rings (SSSR count). The maximum atomic E-state index is 11.8. The van der Waals surface area contributed by atoms with Crippen molar-refractivity contribution in [2.75, 3.05) is 19.6 Å². The predicted molar refractivity (Wildman–Crippen MR) is 47.0 cm³/mol. The predicted octanol–water partition coefficient (Wildman–Crippen LogP) is 1.79. The second kappa shape index (κ2) is 4.98. The normalized spacial score (nSPS) is 21.4. The average molecular weight is 211 g/mol. The number of aliphatic hydroxyl groups is 1. The van der Waals surface area contributed by atoms with E-state index in [1.807, 2.05) is 4.90 Å². The Kier molecular flexibility index (Phi) is 4.19. The molecule has 1 aliphatic heterocycles. The number of aliphatic hydroxyl groups excluding tert-OH is 1. The summed E-state index contributed by atoms with van der Waals surface area (Å²) >= 11 is 0. The second-order valence-electron chi connectivity index (χ2n) is 3.79. The van der Waals surface area contributed by atoms with Crippen molar-refractivity contribution in [3.05, 3.63) is 0 Å². The summed E-state index contributed by atoms with van der Waals surface area (Å²) in [6.45, 7) is 1.93. The van der Waals surface area contributed by atoms with Gasteiger partial charge in [-0.15, -0.1) is 0 Å². The summed E-state index contributed by atoms with van der Waals surface area (Å²) in [4.78, 5) is 1.98. The molecular weight excluding hydrogens is 195 g/mol. The van der Waals surface area contributed by atoms with Crippen LogP contribution in [-0.4, -0.2) is 41.9 Å². The minimum Gasteiger partial charge on any atom is -0.393 e. The highest BCUT2D eigenvalue weighted by molar-refractivity contribution is 4.71. The van der Waals surface area contributed by atoms with Gasteiger partial charge >= 0.3 is 6.18 Å². The summed E-state index contributed by atoms with van der Waals surface area (Å²) in [7, 11) is 0. The average Bonchev–Trinajstić information content (AvgIpc) is 2.06. The van der Waals surface area contributed by atoms with Gasteiger partial charge in [-0.25, -0.2) is 0 Å². The van der Waals surface area contributed by atoms with E-state index < -0.39 is 12.6 Å². The first-order valence-electron chi connectivity index (χ1n) is 4.94. The van der Waals surface area contributed by atoms with E-state index in [0.29, 0.717) is 19.4 Å². The van der Waals surface area contributed by atoms with Crippen LogP contribution in [-0.2, 0) is 0 Å². The maximum absolute atomic E-state index is 11.8. The van der Waals surface area contributed by atoms with Gasteiger partial charge in [0.2, 0.25) is 0 Å². The van der Waals surface area contributed by atoms with Crippen molar-refractivity contribution >= 4 is 0 Å². The minimum absolute atomic E-state index is 0.166. The number of hydrogen-bond donors (Lipinski definition) is 1. The lowest BCUT2D eigenvalue weighted by atomic mass is 10.1. The van der Waals surface area contributed by atoms with Crippen LogP contribution in [0.5, 0.6) is 0 Å². The van der Waals surface area contributed by atoms with Gasteiger partial charge in [-0.3, -0.25) is 0 Å². The van der Waals surface area contributed by atoms with Crippen LogP contribution in [0.15, 0.2) is 0 Å². The molecule has 0 aromatic carbocycles. The van der Waals surface area contributed by atoms with Crippen LogP contribution >= 0.6 is 0 Å². The number of alkyl halides is 3. The van der Waals surface area contributed by atoms with Crippen molar-refractivity contribution in [1.82, 2.24) is 4.90 Å². The number of likely N-dealkylation sites (tertiary alicyclic amines) is 1. The molecule has 1 N–H and O–H groups in total. The van der Waals surface area contributed by atoms with Crippen molar-refractivity contribution in [2.24, 2.45) is 0 Å². The second-order valence-corrected chi connectivity index (χ2v) is 3.79. The number of piperidine rings is 1. The summed E-state index contributed by atoms with van der Waals surface area (Å²) in [5.41, 5.74) is 0. The number of halogens is 3. The van der Waals surface area contributed by atoms with Gasteiger partial charge in [0, 0.05) is 19.5 Å². The molecule has 5 heteroatoms. The standard InChI is InChI=1S/C9H16F3NO/c10-9(11,12)4-1-5-13-6-2-8(14)3-7-13/h8,14H,1-7H2. The third kappa shape index (κ3) is 4.81. The molecule has 14 heavy (non-hydrogen) atoms. The van der Waals surface area contributed by atoms with Crippen LogP contribution < -0.4 is 0 Å². The molecule has 0 atom stereocenters. The van der Waals surface area contributed by atoms with Crippen molar-refractivity contribution < 1.29 is 18.3 Å². The zero-order chi connectivity index (χ0) is 10.6. The van der Waals surface area contributed by atoms with E-state index in [0.717, 1.165) is 13.1 Å². The Bertz CT molecular complexity index is 164. The van der Waals surface area contributed by atoms with E-state index in [4.69, 9.17) is 0 Å². The Morgan fingerprint density at radius 2 is 1.79 bits per heavy atom. The van der Waals surface area contributed by atoms with Crippen molar-refractivity contribution in [1.29, 1.82) is 0 Å². The van der Waals surface area contributed by atoms with Crippen molar-refractivity contribution in [2.45, 2.75) is 38.0 Å². The van der Waals surface area contributed by atoms with Crippen LogP contribution in [0.25, 0.3) is 0 Å². The lowest BCUT2D eigenvalue weighted by molar-refractivity contribution is -0.136. The first-order valence-corrected chi connectivity index (χ1v) is 4.94. The van der Waals surface area contributed by atoms with Crippen LogP contribution in [0.3, 0.4) is 0 Å². The Hall–Kier alpha value is -0.290. The van der Waals surface area contributed by atoms with E-state index in [1.54, 1.807) is 0 Å². The molecule has 1 saturated heterocycles. The molecule has 1 aliphatic rings. The topological polar surface area (TPSA) is 23.5 Å². The van der Waals surface area contributed by atoms with Crippen LogP contribution in [0.4, 0.5) is 13.2 Å². The molecule has 0 unspecified atom stereocenters. The molecule has 0 aliphatic carbocycles. The zero-order valence-electron chi connectivity index (χ0n) is 8.06. The van der Waals surface area contributed by atoms with E-state index in [9.17, 15) is 18.3 Å². The summed E-state index contributed by atoms with van der Waals surface area (Å²) in [5, 5.41) is 9.17. The molecule has 84 valence electrons. The molecule has 1 fully saturated rings. The fourth-order valence-corrected chi connectivity index (χ4v) is 1.65. The molecule has 1 heterocycles.